The molecule has 5 nitrogen and oxygen atoms in total. The van der Waals surface area contributed by atoms with Crippen LogP contribution in [0.1, 0.15) is 20.8 Å². The van der Waals surface area contributed by atoms with Gasteiger partial charge >= 0.3 is 6.09 Å². The molecule has 100 valence electrons. The van der Waals surface area contributed by atoms with Gasteiger partial charge in [-0.3, -0.25) is 0 Å². The molecule has 0 aliphatic carbocycles. The standard InChI is InChI=1S/C11H16ClN3O2S/c1-11(2,3)17-10(16)15-6-7-18-9-8(12)13-4-5-14-9/h4-5H,6-7H2,1-3H3,(H,15,16). The Hall–Kier alpha value is -1.01. The average molecular weight is 290 g/mol. The number of thioether (sulfide) groups is 1. The Balaban J connectivity index is 2.23. The van der Waals surface area contributed by atoms with Crippen molar-refractivity contribution < 1.29 is 9.53 Å². The number of hydrogen-bond acceptors (Lipinski definition) is 5. The summed E-state index contributed by atoms with van der Waals surface area (Å²) in [6, 6.07) is 0. The van der Waals surface area contributed by atoms with Gasteiger partial charge in [0.25, 0.3) is 0 Å². The average Bonchev–Trinajstić information content (AvgIpc) is 2.24. The summed E-state index contributed by atoms with van der Waals surface area (Å²) in [5, 5.41) is 3.69. The Bertz CT molecular complexity index is 410. The zero-order chi connectivity index (χ0) is 13.6. The molecular formula is C11H16ClN3O2S. The molecule has 1 amide bonds. The number of carbonyl (C=O) groups is 1. The van der Waals surface area contributed by atoms with E-state index in [1.807, 2.05) is 20.8 Å². The van der Waals surface area contributed by atoms with Gasteiger partial charge in [-0.25, -0.2) is 14.8 Å². The minimum absolute atomic E-state index is 0.375. The summed E-state index contributed by atoms with van der Waals surface area (Å²) in [6.45, 7) is 5.94. The predicted molar refractivity (Wildman–Crippen MR) is 72.0 cm³/mol. The molecular weight excluding hydrogens is 274 g/mol. The number of nitrogens with zero attached hydrogens (tertiary/aromatic N) is 2. The molecule has 1 N–H and O–H groups in total. The number of aromatic nitrogens is 2. The Morgan fingerprint density at radius 3 is 2.72 bits per heavy atom. The molecule has 1 heterocycles. The fourth-order valence-electron chi connectivity index (χ4n) is 1.02. The van der Waals surface area contributed by atoms with Crippen LogP contribution >= 0.6 is 23.4 Å². The molecule has 0 unspecified atom stereocenters. The van der Waals surface area contributed by atoms with Crippen molar-refractivity contribution in [3.63, 3.8) is 0 Å². The molecule has 0 atom stereocenters. The van der Waals surface area contributed by atoms with Gasteiger partial charge in [0.15, 0.2) is 5.15 Å². The first-order valence-electron chi connectivity index (χ1n) is 5.44. The van der Waals surface area contributed by atoms with E-state index < -0.39 is 11.7 Å². The van der Waals surface area contributed by atoms with Crippen molar-refractivity contribution in [2.75, 3.05) is 12.3 Å². The third-order valence-electron chi connectivity index (χ3n) is 1.63. The zero-order valence-electron chi connectivity index (χ0n) is 10.6. The van der Waals surface area contributed by atoms with Gasteiger partial charge in [-0.1, -0.05) is 11.6 Å². The molecule has 1 aromatic heterocycles. The van der Waals surface area contributed by atoms with Gasteiger partial charge in [-0.15, -0.1) is 11.8 Å². The fraction of sp³-hybridized carbons (Fsp3) is 0.545. The highest BCUT2D eigenvalue weighted by Gasteiger charge is 2.15. The van der Waals surface area contributed by atoms with Crippen LogP contribution in [0, 0.1) is 0 Å². The maximum atomic E-state index is 11.3. The molecule has 1 rings (SSSR count). The van der Waals surface area contributed by atoms with Crippen molar-refractivity contribution in [1.82, 2.24) is 15.3 Å². The van der Waals surface area contributed by atoms with Crippen LogP contribution in [0.4, 0.5) is 4.79 Å². The van der Waals surface area contributed by atoms with E-state index in [0.717, 1.165) is 0 Å². The molecule has 0 aliphatic heterocycles. The summed E-state index contributed by atoms with van der Waals surface area (Å²) in [5.74, 6) is 0.650. The number of halogens is 1. The van der Waals surface area contributed by atoms with Gasteiger partial charge in [0.05, 0.1) is 0 Å². The normalized spacial score (nSPS) is 11.1. The quantitative estimate of drug-likeness (QED) is 0.682. The number of ether oxygens (including phenoxy) is 1. The Labute approximate surface area is 116 Å². The van der Waals surface area contributed by atoms with E-state index in [1.54, 1.807) is 6.20 Å². The lowest BCUT2D eigenvalue weighted by molar-refractivity contribution is 0.0531. The first-order valence-corrected chi connectivity index (χ1v) is 6.81. The topological polar surface area (TPSA) is 64.1 Å². The van der Waals surface area contributed by atoms with Crippen LogP contribution < -0.4 is 5.32 Å². The summed E-state index contributed by atoms with van der Waals surface area (Å²) < 4.78 is 5.10. The van der Waals surface area contributed by atoms with E-state index in [2.05, 4.69) is 15.3 Å². The second kappa shape index (κ2) is 6.80. The lowest BCUT2D eigenvalue weighted by Gasteiger charge is -2.19. The predicted octanol–water partition coefficient (Wildman–Crippen LogP) is 2.75. The van der Waals surface area contributed by atoms with Crippen molar-refractivity contribution in [2.24, 2.45) is 0 Å². The van der Waals surface area contributed by atoms with Crippen molar-refractivity contribution in [3.8, 4) is 0 Å². The number of nitrogens with one attached hydrogen (secondary N) is 1. The minimum atomic E-state index is -0.481. The van der Waals surface area contributed by atoms with Gasteiger partial charge in [-0.2, -0.15) is 0 Å². The minimum Gasteiger partial charge on any atom is -0.444 e. The van der Waals surface area contributed by atoms with E-state index in [1.165, 1.54) is 18.0 Å². The first kappa shape index (κ1) is 15.0. The molecule has 0 aromatic carbocycles. The highest BCUT2D eigenvalue weighted by molar-refractivity contribution is 7.99. The van der Waals surface area contributed by atoms with Crippen LogP contribution in [-0.4, -0.2) is 34.0 Å². The number of alkyl carbamates (subject to hydrolysis) is 1. The van der Waals surface area contributed by atoms with Gasteiger partial charge in [0.2, 0.25) is 0 Å². The molecule has 0 fully saturated rings. The SMILES string of the molecule is CC(C)(C)OC(=O)NCCSc1nccnc1Cl. The van der Waals surface area contributed by atoms with Crippen molar-refractivity contribution >= 4 is 29.5 Å². The van der Waals surface area contributed by atoms with E-state index in [9.17, 15) is 4.79 Å². The van der Waals surface area contributed by atoms with Crippen molar-refractivity contribution in [3.05, 3.63) is 17.5 Å². The fourth-order valence-corrected chi connectivity index (χ4v) is 1.99. The van der Waals surface area contributed by atoms with Crippen LogP contribution in [0.15, 0.2) is 17.4 Å². The molecule has 0 aliphatic rings. The van der Waals surface area contributed by atoms with E-state index in [-0.39, 0.29) is 0 Å². The third-order valence-corrected chi connectivity index (χ3v) is 3.00. The summed E-state index contributed by atoms with van der Waals surface area (Å²) in [7, 11) is 0. The molecule has 0 spiro atoms. The smallest absolute Gasteiger partial charge is 0.407 e. The highest BCUT2D eigenvalue weighted by atomic mass is 35.5. The molecule has 0 saturated heterocycles. The van der Waals surface area contributed by atoms with Crippen LogP contribution in [0.5, 0.6) is 0 Å². The lowest BCUT2D eigenvalue weighted by atomic mass is 10.2. The maximum Gasteiger partial charge on any atom is 0.407 e. The van der Waals surface area contributed by atoms with E-state index >= 15 is 0 Å². The van der Waals surface area contributed by atoms with Gasteiger partial charge in [0, 0.05) is 24.7 Å². The Morgan fingerprint density at radius 1 is 1.44 bits per heavy atom. The highest BCUT2D eigenvalue weighted by Crippen LogP contribution is 2.21. The Morgan fingerprint density at radius 2 is 2.11 bits per heavy atom. The molecule has 0 saturated carbocycles. The lowest BCUT2D eigenvalue weighted by Crippen LogP contribution is -2.33. The van der Waals surface area contributed by atoms with Crippen LogP contribution in [0.3, 0.4) is 0 Å². The maximum absolute atomic E-state index is 11.3. The monoisotopic (exact) mass is 289 g/mol. The number of hydrogen-bond donors (Lipinski definition) is 1. The molecule has 0 radical (unpaired) electrons. The van der Waals surface area contributed by atoms with Crippen LogP contribution in [-0.2, 0) is 4.74 Å². The van der Waals surface area contributed by atoms with Crippen molar-refractivity contribution in [1.29, 1.82) is 0 Å². The van der Waals surface area contributed by atoms with Crippen LogP contribution in [0.25, 0.3) is 0 Å². The van der Waals surface area contributed by atoms with E-state index in [4.69, 9.17) is 16.3 Å². The van der Waals surface area contributed by atoms with Crippen LogP contribution in [0.2, 0.25) is 5.15 Å². The largest absolute Gasteiger partial charge is 0.444 e. The summed E-state index contributed by atoms with van der Waals surface area (Å²) >= 11 is 7.28. The van der Waals surface area contributed by atoms with Gasteiger partial charge < -0.3 is 10.1 Å². The van der Waals surface area contributed by atoms with Gasteiger partial charge in [-0.05, 0) is 20.8 Å². The Kier molecular flexibility index (Phi) is 5.68. The van der Waals surface area contributed by atoms with Gasteiger partial charge in [0.1, 0.15) is 10.6 Å². The summed E-state index contributed by atoms with van der Waals surface area (Å²) in [4.78, 5) is 19.3. The molecule has 0 bridgehead atoms. The number of carbonyl (C=O) groups excluding carboxylic acids is 1. The summed E-state index contributed by atoms with van der Waals surface area (Å²) in [5.41, 5.74) is -0.481. The first-order chi connectivity index (χ1) is 8.38. The molecule has 18 heavy (non-hydrogen) atoms. The second-order valence-corrected chi connectivity index (χ2v) is 5.87. The summed E-state index contributed by atoms with van der Waals surface area (Å²) in [6.07, 6.45) is 2.69. The third kappa shape index (κ3) is 6.07. The van der Waals surface area contributed by atoms with E-state index in [0.29, 0.717) is 22.5 Å². The number of amides is 1. The number of rotatable bonds is 4. The molecule has 7 heteroatoms. The second-order valence-electron chi connectivity index (χ2n) is 4.43. The molecule has 1 aromatic rings. The zero-order valence-corrected chi connectivity index (χ0v) is 12.1. The van der Waals surface area contributed by atoms with Crippen molar-refractivity contribution in [2.45, 2.75) is 31.4 Å².